The van der Waals surface area contributed by atoms with Crippen LogP contribution in [0.25, 0.3) is 0 Å². The van der Waals surface area contributed by atoms with Crippen LogP contribution in [0, 0.1) is 65.0 Å². The maximum absolute atomic E-state index is 11.8. The molecule has 18 heteroatoms. The van der Waals surface area contributed by atoms with Gasteiger partial charge in [-0.1, -0.05) is 25.3 Å². The molecule has 3 rings (SSSR count). The first-order valence-electron chi connectivity index (χ1n) is 14.7. The van der Waals surface area contributed by atoms with Gasteiger partial charge in [-0.05, 0) is 86.1 Å². The molecule has 1 unspecified atom stereocenters. The Morgan fingerprint density at radius 1 is 0.698 bits per heavy atom. The molecule has 3 fully saturated rings. The smallest absolute Gasteiger partial charge is 0 e. The fourth-order valence-corrected chi connectivity index (χ4v) is 5.13. The second-order valence-corrected chi connectivity index (χ2v) is 18.0. The molecule has 4 radical (unpaired) electrons. The zero-order chi connectivity index (χ0) is 42.3. The van der Waals surface area contributed by atoms with E-state index >= 15 is 0 Å². The van der Waals surface area contributed by atoms with E-state index in [-0.39, 0.29) is 69.7 Å². The average Bonchev–Trinajstić information content (AvgIpc) is 4.09. The van der Waals surface area contributed by atoms with Crippen molar-refractivity contribution < 1.29 is 104 Å². The zero-order valence-electron chi connectivity index (χ0n) is 31.1. The van der Waals surface area contributed by atoms with Crippen molar-refractivity contribution in [3.63, 3.8) is 0 Å². The van der Waals surface area contributed by atoms with Crippen LogP contribution in [0.1, 0.15) is 80.1 Å². The molecule has 15 nitrogen and oxygen atoms in total. The standard InChI is InChI=1S/C27H46O7Si.8CO.2Co/c1-24(2,3)34-23(29)30-18-27(6)22(33-27)13-16-26(5)21(32-26)11-10-20-25(4,31-20)15-12-19(28)14-17-35(7,8)9;8*1-2;;/h19-22,28H,10-13,15-16,18H2,1-9H3;;;;;;;;;;/t19?,20-,21-,22+,25-,26-,27+;;;;;;;;;;/m1........../s1. The van der Waals surface area contributed by atoms with Gasteiger partial charge in [0.15, 0.2) is 0 Å². The third-order valence-corrected chi connectivity index (χ3v) is 7.99. The SMILES string of the molecule is CC(C)(C)OC(=O)OC[C@]1(C)O[C@H]1CC[C@@]1(C)O[C@@H]1CC[C@H]1O[C@]1(C)CCC(O)[C]=[C][Si](C)(C)C.[C-]#[O+].[C-]#[O+].[C-]#[O+].[C-]#[O+].[C-]#[O+].[C-]#[O+].[C-]#[O+].[C-]#[O+].[Co].[Co]. The third kappa shape index (κ3) is 33.1. The summed E-state index contributed by atoms with van der Waals surface area (Å²) in [4.78, 5) is 11.8. The Hall–Kier alpha value is -2.00. The normalized spacial score (nSPS) is 24.9. The first-order valence-corrected chi connectivity index (χ1v) is 18.2. The molecule has 3 heterocycles. The predicted molar refractivity (Wildman–Crippen MR) is 167 cm³/mol. The number of hydrogen-bond acceptors (Lipinski definition) is 7. The van der Waals surface area contributed by atoms with Gasteiger partial charge < -0.3 is 28.8 Å². The van der Waals surface area contributed by atoms with Gasteiger partial charge in [0.1, 0.15) is 17.8 Å². The van der Waals surface area contributed by atoms with Gasteiger partial charge in [-0.2, -0.15) is 0 Å². The Bertz CT molecular complexity index is 1080. The van der Waals surface area contributed by atoms with Gasteiger partial charge in [0.05, 0.1) is 43.7 Å². The van der Waals surface area contributed by atoms with Crippen molar-refractivity contribution in [2.45, 2.75) is 147 Å². The van der Waals surface area contributed by atoms with Gasteiger partial charge in [-0.3, -0.25) is 0 Å². The molecule has 0 bridgehead atoms. The molecule has 3 saturated heterocycles. The molecular formula is C35H46Co2O15Si. The number of carbonyl (C=O) groups excluding carboxylic acids is 1. The molecule has 0 saturated carbocycles. The van der Waals surface area contributed by atoms with E-state index in [1.165, 1.54) is 0 Å². The van der Waals surface area contributed by atoms with Crippen LogP contribution < -0.4 is 0 Å². The molecule has 0 aromatic heterocycles. The summed E-state index contributed by atoms with van der Waals surface area (Å²) >= 11 is 0. The molecule has 53 heavy (non-hydrogen) atoms. The van der Waals surface area contributed by atoms with Gasteiger partial charge in [-0.15, -0.1) is 0 Å². The molecule has 0 aliphatic carbocycles. The van der Waals surface area contributed by atoms with Crippen molar-refractivity contribution >= 4 is 14.2 Å². The maximum Gasteiger partial charge on any atom is 0 e. The fraction of sp³-hybridized carbons (Fsp3) is 0.686. The second-order valence-electron chi connectivity index (χ2n) is 13.2. The van der Waals surface area contributed by atoms with Crippen LogP contribution in [0.15, 0.2) is 0 Å². The van der Waals surface area contributed by atoms with Crippen LogP contribution in [0.4, 0.5) is 4.79 Å². The average molecular weight is 853 g/mol. The topological polar surface area (TPSA) is 253 Å². The van der Waals surface area contributed by atoms with Crippen molar-refractivity contribution in [1.29, 1.82) is 0 Å². The van der Waals surface area contributed by atoms with E-state index in [2.05, 4.69) is 98.5 Å². The van der Waals surface area contributed by atoms with E-state index in [0.717, 1.165) is 32.1 Å². The van der Waals surface area contributed by atoms with Crippen molar-refractivity contribution in [3.8, 4) is 0 Å². The minimum Gasteiger partial charge on any atom is 0 e. The van der Waals surface area contributed by atoms with E-state index in [1.54, 1.807) is 0 Å². The van der Waals surface area contributed by atoms with Crippen molar-refractivity contribution in [2.75, 3.05) is 6.61 Å². The van der Waals surface area contributed by atoms with Crippen LogP contribution >= 0.6 is 0 Å². The zero-order valence-corrected chi connectivity index (χ0v) is 34.2. The van der Waals surface area contributed by atoms with E-state index in [4.69, 9.17) is 60.9 Å². The Kier molecular flexibility index (Phi) is 48.1. The van der Waals surface area contributed by atoms with Crippen molar-refractivity contribution in [2.24, 2.45) is 0 Å². The first kappa shape index (κ1) is 69.0. The second kappa shape index (κ2) is 36.9. The van der Waals surface area contributed by atoms with E-state index < -0.39 is 31.5 Å². The van der Waals surface area contributed by atoms with Crippen LogP contribution in [0.5, 0.6) is 0 Å². The number of aliphatic hydroxyl groups excluding tert-OH is 1. The van der Waals surface area contributed by atoms with Crippen LogP contribution in [0.2, 0.25) is 19.6 Å². The quantitative estimate of drug-likeness (QED) is 0.0886. The molecule has 0 aromatic rings. The number of aliphatic hydroxyl groups is 1. The summed E-state index contributed by atoms with van der Waals surface area (Å²) in [6.45, 7) is 54.4. The molecule has 0 aromatic carbocycles. The number of rotatable bonds is 13. The molecule has 3 aliphatic rings. The maximum atomic E-state index is 11.8. The van der Waals surface area contributed by atoms with Gasteiger partial charge in [0.25, 0.3) is 0 Å². The van der Waals surface area contributed by atoms with Gasteiger partial charge >= 0.3 is 96.6 Å². The van der Waals surface area contributed by atoms with Crippen LogP contribution in [-0.4, -0.2) is 72.8 Å². The largest absolute Gasteiger partial charge is 0 e. The van der Waals surface area contributed by atoms with Crippen LogP contribution in [-0.2, 0) is 94.5 Å². The Balaban J connectivity index is -0.000000166. The Morgan fingerprint density at radius 2 is 1.04 bits per heavy atom. The molecule has 298 valence electrons. The van der Waals surface area contributed by atoms with E-state index in [1.807, 2.05) is 27.7 Å². The molecule has 0 spiro atoms. The van der Waals surface area contributed by atoms with E-state index in [9.17, 15) is 9.90 Å². The summed E-state index contributed by atoms with van der Waals surface area (Å²) in [6.07, 6.45) is 7.53. The van der Waals surface area contributed by atoms with Gasteiger partial charge in [0, 0.05) is 33.6 Å². The Labute approximate surface area is 335 Å². The summed E-state index contributed by atoms with van der Waals surface area (Å²) in [6, 6.07) is 0. The number of ether oxygens (including phenoxy) is 5. The summed E-state index contributed by atoms with van der Waals surface area (Å²) < 4.78 is 88.3. The monoisotopic (exact) mass is 852 g/mol. The molecule has 7 atom stereocenters. The minimum absolute atomic E-state index is 0. The Morgan fingerprint density at radius 3 is 1.40 bits per heavy atom. The number of epoxide rings is 3. The van der Waals surface area contributed by atoms with Crippen LogP contribution in [0.3, 0.4) is 0 Å². The third-order valence-electron chi connectivity index (χ3n) is 7.09. The molecular weight excluding hydrogens is 806 g/mol. The summed E-state index contributed by atoms with van der Waals surface area (Å²) in [7, 11) is -1.46. The summed E-state index contributed by atoms with van der Waals surface area (Å²) in [5.74, 6) is 0. The van der Waals surface area contributed by atoms with Gasteiger partial charge in [-0.25, -0.2) is 4.79 Å². The number of carbonyl (C=O) groups is 1. The molecule has 3 aliphatic heterocycles. The van der Waals surface area contributed by atoms with Crippen molar-refractivity contribution in [3.05, 3.63) is 65.0 Å². The van der Waals surface area contributed by atoms with Gasteiger partial charge in [0.2, 0.25) is 0 Å². The minimum atomic E-state index is -1.46. The summed E-state index contributed by atoms with van der Waals surface area (Å²) in [5.41, 5.74) is 1.97. The van der Waals surface area contributed by atoms with E-state index in [0.29, 0.717) is 6.42 Å². The molecule has 0 amide bonds. The molecule has 1 N–H and O–H groups in total. The summed E-state index contributed by atoms with van der Waals surface area (Å²) in [5, 5.41) is 10.2. The fourth-order valence-electron chi connectivity index (χ4n) is 4.53. The van der Waals surface area contributed by atoms with Crippen molar-refractivity contribution in [1.82, 2.24) is 0 Å². The first-order chi connectivity index (χ1) is 23.9. The number of hydrogen-bond donors (Lipinski definition) is 1. The predicted octanol–water partition coefficient (Wildman–Crippen LogP) is 4.85.